The molecule has 3 rings (SSSR count). The van der Waals surface area contributed by atoms with E-state index in [0.29, 0.717) is 34.9 Å². The SMILES string of the molecule is O=C(O)CCCn1c(O)c(C=CC2CCCN(C(=O)OCc3ccccc3)C2)sc1=S. The summed E-state index contributed by atoms with van der Waals surface area (Å²) in [4.78, 5) is 25.5. The Kier molecular flexibility index (Phi) is 8.25. The van der Waals surface area contributed by atoms with Crippen LogP contribution in [0.25, 0.3) is 6.08 Å². The Morgan fingerprint density at radius 2 is 2.06 bits per heavy atom. The average Bonchev–Trinajstić information content (AvgIpc) is 3.04. The van der Waals surface area contributed by atoms with Gasteiger partial charge in [-0.2, -0.15) is 0 Å². The average molecular weight is 463 g/mol. The highest BCUT2D eigenvalue weighted by Gasteiger charge is 2.23. The smallest absolute Gasteiger partial charge is 0.410 e. The molecule has 0 saturated carbocycles. The molecular formula is C22H26N2O5S2. The number of aliphatic carboxylic acids is 1. The van der Waals surface area contributed by atoms with Gasteiger partial charge >= 0.3 is 12.1 Å². The van der Waals surface area contributed by atoms with Crippen molar-refractivity contribution in [2.45, 2.75) is 38.8 Å². The van der Waals surface area contributed by atoms with E-state index in [1.54, 1.807) is 9.47 Å². The summed E-state index contributed by atoms with van der Waals surface area (Å²) in [7, 11) is 0. The van der Waals surface area contributed by atoms with Gasteiger partial charge in [0.2, 0.25) is 5.88 Å². The number of benzene rings is 1. The molecule has 1 atom stereocenters. The molecule has 1 unspecified atom stereocenters. The molecular weight excluding hydrogens is 436 g/mol. The van der Waals surface area contributed by atoms with Gasteiger partial charge in [-0.1, -0.05) is 36.4 Å². The first-order chi connectivity index (χ1) is 14.9. The number of carboxylic acids is 1. The Morgan fingerprint density at radius 3 is 2.81 bits per heavy atom. The standard InChI is InChI=1S/C22H26N2O5S2/c25-19(26)9-5-13-24-20(27)18(31-22(24)30)11-10-16-8-4-12-23(14-16)21(28)29-15-17-6-2-1-3-7-17/h1-3,6-7,10-11,16,27H,4-5,8-9,12-15H2,(H,25,26). The quantitative estimate of drug-likeness (QED) is 0.542. The molecule has 0 spiro atoms. The number of hydrogen-bond donors (Lipinski definition) is 2. The Bertz CT molecular complexity index is 984. The van der Waals surface area contributed by atoms with Crippen LogP contribution in [0, 0.1) is 9.87 Å². The Labute approximate surface area is 190 Å². The number of piperidine rings is 1. The molecule has 1 aliphatic rings. The molecule has 1 fully saturated rings. The van der Waals surface area contributed by atoms with Crippen molar-refractivity contribution in [3.05, 3.63) is 50.8 Å². The van der Waals surface area contributed by atoms with Crippen LogP contribution in [0.4, 0.5) is 4.79 Å². The Balaban J connectivity index is 1.55. The molecule has 2 aromatic rings. The number of thiazole rings is 1. The van der Waals surface area contributed by atoms with Gasteiger partial charge in [0.05, 0.1) is 4.88 Å². The number of nitrogens with zero attached hydrogens (tertiary/aromatic N) is 2. The van der Waals surface area contributed by atoms with E-state index in [1.807, 2.05) is 42.5 Å². The van der Waals surface area contributed by atoms with Crippen molar-refractivity contribution >= 4 is 41.7 Å². The lowest BCUT2D eigenvalue weighted by molar-refractivity contribution is -0.137. The Morgan fingerprint density at radius 1 is 1.29 bits per heavy atom. The Hall–Kier alpha value is -2.65. The predicted molar refractivity (Wildman–Crippen MR) is 122 cm³/mol. The molecule has 9 heteroatoms. The van der Waals surface area contributed by atoms with Crippen molar-refractivity contribution < 1.29 is 24.5 Å². The third-order valence-corrected chi connectivity index (χ3v) is 6.51. The van der Waals surface area contributed by atoms with Crippen LogP contribution in [-0.4, -0.2) is 44.8 Å². The first-order valence-corrected chi connectivity index (χ1v) is 11.4. The number of aromatic hydroxyl groups is 1. The highest BCUT2D eigenvalue weighted by molar-refractivity contribution is 7.73. The van der Waals surface area contributed by atoms with Crippen molar-refractivity contribution in [2.24, 2.45) is 5.92 Å². The first kappa shape index (κ1) is 23.0. The van der Waals surface area contributed by atoms with Gasteiger partial charge in [0.1, 0.15) is 6.61 Å². The second-order valence-corrected chi connectivity index (χ2v) is 9.13. The summed E-state index contributed by atoms with van der Waals surface area (Å²) in [6.45, 7) is 1.85. The number of rotatable bonds is 8. The largest absolute Gasteiger partial charge is 0.493 e. The number of amides is 1. The molecule has 1 amide bonds. The number of ether oxygens (including phenoxy) is 1. The van der Waals surface area contributed by atoms with Crippen molar-refractivity contribution in [3.63, 3.8) is 0 Å². The lowest BCUT2D eigenvalue weighted by Crippen LogP contribution is -2.39. The summed E-state index contributed by atoms with van der Waals surface area (Å²) in [5, 5.41) is 19.2. The van der Waals surface area contributed by atoms with Crippen molar-refractivity contribution in [1.82, 2.24) is 9.47 Å². The molecule has 7 nitrogen and oxygen atoms in total. The van der Waals surface area contributed by atoms with E-state index in [0.717, 1.165) is 18.4 Å². The third kappa shape index (κ3) is 6.67. The topological polar surface area (TPSA) is 92.0 Å². The van der Waals surface area contributed by atoms with E-state index in [4.69, 9.17) is 22.1 Å². The molecule has 1 saturated heterocycles. The van der Waals surface area contributed by atoms with E-state index < -0.39 is 5.97 Å². The van der Waals surface area contributed by atoms with Gasteiger partial charge in [-0.15, -0.1) is 11.3 Å². The van der Waals surface area contributed by atoms with Crippen LogP contribution in [0.15, 0.2) is 36.4 Å². The van der Waals surface area contributed by atoms with E-state index in [1.165, 1.54) is 11.3 Å². The zero-order valence-electron chi connectivity index (χ0n) is 17.1. The summed E-state index contributed by atoms with van der Waals surface area (Å²) >= 11 is 6.59. The number of aromatic nitrogens is 1. The van der Waals surface area contributed by atoms with Gasteiger partial charge in [0, 0.05) is 26.1 Å². The predicted octanol–water partition coefficient (Wildman–Crippen LogP) is 4.91. The summed E-state index contributed by atoms with van der Waals surface area (Å²) in [5.74, 6) is -0.648. The van der Waals surface area contributed by atoms with Gasteiger partial charge in [0.15, 0.2) is 3.95 Å². The minimum Gasteiger partial charge on any atom is -0.493 e. The molecule has 2 heterocycles. The lowest BCUT2D eigenvalue weighted by atomic mass is 9.98. The number of carbonyl (C=O) groups excluding carboxylic acids is 1. The van der Waals surface area contributed by atoms with E-state index in [2.05, 4.69) is 0 Å². The lowest BCUT2D eigenvalue weighted by Gasteiger charge is -2.30. The zero-order chi connectivity index (χ0) is 22.2. The summed E-state index contributed by atoms with van der Waals surface area (Å²) < 4.78 is 7.51. The van der Waals surface area contributed by atoms with Crippen LogP contribution < -0.4 is 0 Å². The highest BCUT2D eigenvalue weighted by Crippen LogP contribution is 2.29. The number of hydrogen-bond acceptors (Lipinski definition) is 6. The fourth-order valence-corrected chi connectivity index (χ4v) is 4.75. The van der Waals surface area contributed by atoms with Gasteiger partial charge in [0.25, 0.3) is 0 Å². The van der Waals surface area contributed by atoms with Crippen LogP contribution in [0.5, 0.6) is 5.88 Å². The van der Waals surface area contributed by atoms with Crippen LogP contribution in [0.2, 0.25) is 0 Å². The molecule has 0 aliphatic carbocycles. The molecule has 1 aromatic carbocycles. The van der Waals surface area contributed by atoms with Crippen LogP contribution >= 0.6 is 23.6 Å². The molecule has 2 N–H and O–H groups in total. The number of carboxylic acid groups (broad SMARTS) is 1. The molecule has 166 valence electrons. The first-order valence-electron chi connectivity index (χ1n) is 10.2. The fraction of sp³-hybridized carbons (Fsp3) is 0.409. The number of likely N-dealkylation sites (tertiary alicyclic amines) is 1. The van der Waals surface area contributed by atoms with Crippen LogP contribution in [0.1, 0.15) is 36.1 Å². The summed E-state index contributed by atoms with van der Waals surface area (Å²) in [6, 6.07) is 9.59. The molecule has 31 heavy (non-hydrogen) atoms. The van der Waals surface area contributed by atoms with E-state index >= 15 is 0 Å². The van der Waals surface area contributed by atoms with E-state index in [9.17, 15) is 14.7 Å². The van der Waals surface area contributed by atoms with Crippen LogP contribution in [0.3, 0.4) is 0 Å². The van der Waals surface area contributed by atoms with Gasteiger partial charge in [-0.05, 0) is 49.0 Å². The van der Waals surface area contributed by atoms with E-state index in [-0.39, 0.29) is 30.9 Å². The summed E-state index contributed by atoms with van der Waals surface area (Å²) in [5.41, 5.74) is 0.953. The molecule has 0 radical (unpaired) electrons. The van der Waals surface area contributed by atoms with Gasteiger partial charge < -0.3 is 19.8 Å². The maximum atomic E-state index is 12.4. The highest BCUT2D eigenvalue weighted by atomic mass is 32.1. The fourth-order valence-electron chi connectivity index (χ4n) is 3.48. The van der Waals surface area contributed by atoms with Gasteiger partial charge in [-0.25, -0.2) is 4.79 Å². The summed E-state index contributed by atoms with van der Waals surface area (Å²) in [6.07, 6.45) is 5.79. The minimum atomic E-state index is -0.870. The van der Waals surface area contributed by atoms with Crippen molar-refractivity contribution in [3.8, 4) is 5.88 Å². The number of carbonyl (C=O) groups is 2. The van der Waals surface area contributed by atoms with Crippen LogP contribution in [-0.2, 0) is 22.7 Å². The molecule has 0 bridgehead atoms. The second-order valence-electron chi connectivity index (χ2n) is 7.45. The molecule has 1 aliphatic heterocycles. The monoisotopic (exact) mass is 462 g/mol. The minimum absolute atomic E-state index is 0.0283. The van der Waals surface area contributed by atoms with Gasteiger partial charge in [-0.3, -0.25) is 9.36 Å². The molecule has 1 aromatic heterocycles. The second kappa shape index (κ2) is 11.1. The van der Waals surface area contributed by atoms with Crippen molar-refractivity contribution in [2.75, 3.05) is 13.1 Å². The third-order valence-electron chi connectivity index (χ3n) is 5.11. The zero-order valence-corrected chi connectivity index (χ0v) is 18.7. The normalized spacial score (nSPS) is 16.5. The maximum absolute atomic E-state index is 12.4. The van der Waals surface area contributed by atoms with Crippen molar-refractivity contribution in [1.29, 1.82) is 0 Å². The maximum Gasteiger partial charge on any atom is 0.410 e.